The van der Waals surface area contributed by atoms with E-state index in [0.717, 1.165) is 12.0 Å². The highest BCUT2D eigenvalue weighted by molar-refractivity contribution is 6.32. The maximum atomic E-state index is 12.2. The number of ether oxygens (including phenoxy) is 3. The molecule has 1 aliphatic rings. The molecule has 0 unspecified atom stereocenters. The predicted molar refractivity (Wildman–Crippen MR) is 100 cm³/mol. The van der Waals surface area contributed by atoms with E-state index in [4.69, 9.17) is 25.8 Å². The third kappa shape index (κ3) is 5.37. The lowest BCUT2D eigenvalue weighted by Gasteiger charge is -2.11. The maximum Gasteiger partial charge on any atom is 0.338 e. The second kappa shape index (κ2) is 9.28. The summed E-state index contributed by atoms with van der Waals surface area (Å²) in [7, 11) is 0. The Morgan fingerprint density at radius 2 is 1.89 bits per heavy atom. The van der Waals surface area contributed by atoms with E-state index in [2.05, 4.69) is 5.32 Å². The van der Waals surface area contributed by atoms with Crippen LogP contribution in [-0.2, 0) is 16.0 Å². The molecule has 1 amide bonds. The average Bonchev–Trinajstić information content (AvgIpc) is 2.93. The van der Waals surface area contributed by atoms with Gasteiger partial charge in [-0.2, -0.15) is 0 Å². The minimum Gasteiger partial charge on any atom is -0.489 e. The summed E-state index contributed by atoms with van der Waals surface area (Å²) < 4.78 is 16.1. The Morgan fingerprint density at radius 3 is 2.70 bits per heavy atom. The minimum absolute atomic E-state index is 0.210. The highest BCUT2D eigenvalue weighted by atomic mass is 35.5. The van der Waals surface area contributed by atoms with E-state index in [1.807, 2.05) is 30.3 Å². The number of amides is 1. The molecule has 1 aliphatic heterocycles. The normalized spacial score (nSPS) is 12.8. The van der Waals surface area contributed by atoms with Gasteiger partial charge in [-0.05, 0) is 24.1 Å². The first kappa shape index (κ1) is 19.0. The number of halogens is 1. The van der Waals surface area contributed by atoms with Gasteiger partial charge in [0.2, 0.25) is 0 Å². The molecule has 0 saturated carbocycles. The number of esters is 1. The Hall–Kier alpha value is -2.73. The summed E-state index contributed by atoms with van der Waals surface area (Å²) >= 11 is 6.16. The quantitative estimate of drug-likeness (QED) is 0.769. The van der Waals surface area contributed by atoms with Crippen LogP contribution in [0.1, 0.15) is 22.3 Å². The number of benzene rings is 2. The van der Waals surface area contributed by atoms with Crippen molar-refractivity contribution in [2.75, 3.05) is 26.4 Å². The van der Waals surface area contributed by atoms with Crippen molar-refractivity contribution in [3.8, 4) is 11.5 Å². The highest BCUT2D eigenvalue weighted by Gasteiger charge is 2.19. The topological polar surface area (TPSA) is 73.9 Å². The molecule has 0 fully saturated rings. The van der Waals surface area contributed by atoms with Crippen molar-refractivity contribution in [2.45, 2.75) is 12.8 Å². The zero-order chi connectivity index (χ0) is 19.1. The first-order chi connectivity index (χ1) is 13.1. The molecule has 142 valence electrons. The summed E-state index contributed by atoms with van der Waals surface area (Å²) in [4.78, 5) is 24.1. The SMILES string of the molecule is O=C(COC(=O)c1cc(Cl)c2c(c1)OCCCO2)NCCc1ccccc1. The second-order valence-electron chi connectivity index (χ2n) is 6.00. The second-order valence-corrected chi connectivity index (χ2v) is 6.40. The third-order valence-electron chi connectivity index (χ3n) is 3.95. The van der Waals surface area contributed by atoms with Crippen LogP contribution < -0.4 is 14.8 Å². The third-order valence-corrected chi connectivity index (χ3v) is 4.23. The Labute approximate surface area is 162 Å². The minimum atomic E-state index is -0.647. The van der Waals surface area contributed by atoms with Crippen LogP contribution in [0.5, 0.6) is 11.5 Å². The van der Waals surface area contributed by atoms with Gasteiger partial charge in [0.05, 0.1) is 23.8 Å². The Bertz CT molecular complexity index is 810. The molecule has 1 N–H and O–H groups in total. The van der Waals surface area contributed by atoms with Crippen LogP contribution in [0, 0.1) is 0 Å². The van der Waals surface area contributed by atoms with Crippen LogP contribution in [0.4, 0.5) is 0 Å². The van der Waals surface area contributed by atoms with Crippen molar-refractivity contribution in [1.29, 1.82) is 0 Å². The Morgan fingerprint density at radius 1 is 1.11 bits per heavy atom. The summed E-state index contributed by atoms with van der Waals surface area (Å²) in [6.45, 7) is 1.08. The van der Waals surface area contributed by atoms with Crippen molar-refractivity contribution in [3.05, 3.63) is 58.6 Å². The predicted octanol–water partition coefficient (Wildman–Crippen LogP) is 3.02. The molecule has 1 heterocycles. The first-order valence-electron chi connectivity index (χ1n) is 8.70. The molecule has 3 rings (SSSR count). The number of hydrogen-bond acceptors (Lipinski definition) is 5. The molecular formula is C20H20ClNO5. The van der Waals surface area contributed by atoms with Crippen molar-refractivity contribution < 1.29 is 23.8 Å². The van der Waals surface area contributed by atoms with Gasteiger partial charge in [0.15, 0.2) is 18.1 Å². The van der Waals surface area contributed by atoms with Gasteiger partial charge in [0.1, 0.15) is 0 Å². The van der Waals surface area contributed by atoms with Gasteiger partial charge in [0.25, 0.3) is 5.91 Å². The fourth-order valence-electron chi connectivity index (χ4n) is 2.61. The summed E-state index contributed by atoms with van der Waals surface area (Å²) in [6.07, 6.45) is 1.44. The van der Waals surface area contributed by atoms with Gasteiger partial charge >= 0.3 is 5.97 Å². The van der Waals surface area contributed by atoms with Crippen molar-refractivity contribution in [3.63, 3.8) is 0 Å². The molecule has 0 radical (unpaired) electrons. The number of carbonyl (C=O) groups is 2. The van der Waals surface area contributed by atoms with E-state index in [9.17, 15) is 9.59 Å². The number of rotatable bonds is 6. The number of fused-ring (bicyclic) bond motifs is 1. The van der Waals surface area contributed by atoms with Crippen LogP contribution in [0.15, 0.2) is 42.5 Å². The highest BCUT2D eigenvalue weighted by Crippen LogP contribution is 2.38. The summed E-state index contributed by atoms with van der Waals surface area (Å²) in [5.41, 5.74) is 1.33. The maximum absolute atomic E-state index is 12.2. The van der Waals surface area contributed by atoms with Gasteiger partial charge in [-0.15, -0.1) is 0 Å². The van der Waals surface area contributed by atoms with Gasteiger partial charge in [0, 0.05) is 13.0 Å². The Kier molecular flexibility index (Phi) is 6.54. The van der Waals surface area contributed by atoms with Gasteiger partial charge in [-0.25, -0.2) is 4.79 Å². The smallest absolute Gasteiger partial charge is 0.338 e. The standard InChI is InChI=1S/C20H20ClNO5/c21-16-11-15(12-17-19(16)26-10-4-9-25-17)20(24)27-13-18(23)22-8-7-14-5-2-1-3-6-14/h1-3,5-6,11-12H,4,7-10,13H2,(H,22,23). The van der Waals surface area contributed by atoms with Crippen LogP contribution in [0.3, 0.4) is 0 Å². The lowest BCUT2D eigenvalue weighted by atomic mass is 10.1. The van der Waals surface area contributed by atoms with E-state index >= 15 is 0 Å². The zero-order valence-corrected chi connectivity index (χ0v) is 15.5. The average molecular weight is 390 g/mol. The van der Waals surface area contributed by atoms with E-state index in [-0.39, 0.29) is 23.1 Å². The summed E-state index contributed by atoms with van der Waals surface area (Å²) in [6, 6.07) is 12.8. The van der Waals surface area contributed by atoms with E-state index in [1.165, 1.54) is 12.1 Å². The Balaban J connectivity index is 1.49. The fraction of sp³-hybridized carbons (Fsp3) is 0.300. The fourth-order valence-corrected chi connectivity index (χ4v) is 2.87. The molecular weight excluding hydrogens is 370 g/mol. The molecule has 6 nitrogen and oxygen atoms in total. The van der Waals surface area contributed by atoms with Gasteiger partial charge < -0.3 is 19.5 Å². The van der Waals surface area contributed by atoms with Crippen LogP contribution in [0.2, 0.25) is 5.02 Å². The van der Waals surface area contributed by atoms with E-state index in [1.54, 1.807) is 0 Å². The summed E-state index contributed by atoms with van der Waals surface area (Å²) in [5.74, 6) is -0.186. The van der Waals surface area contributed by atoms with Crippen molar-refractivity contribution in [1.82, 2.24) is 5.32 Å². The van der Waals surface area contributed by atoms with Gasteiger partial charge in [-0.1, -0.05) is 41.9 Å². The van der Waals surface area contributed by atoms with E-state index in [0.29, 0.717) is 37.7 Å². The van der Waals surface area contributed by atoms with Gasteiger partial charge in [-0.3, -0.25) is 4.79 Å². The number of hydrogen-bond donors (Lipinski definition) is 1. The monoisotopic (exact) mass is 389 g/mol. The molecule has 0 spiro atoms. The molecule has 0 atom stereocenters. The molecule has 7 heteroatoms. The molecule has 0 bridgehead atoms. The lowest BCUT2D eigenvalue weighted by molar-refractivity contribution is -0.124. The van der Waals surface area contributed by atoms with Crippen molar-refractivity contribution >= 4 is 23.5 Å². The molecule has 0 saturated heterocycles. The van der Waals surface area contributed by atoms with Crippen LogP contribution in [-0.4, -0.2) is 38.2 Å². The lowest BCUT2D eigenvalue weighted by Crippen LogP contribution is -2.30. The molecule has 2 aromatic rings. The molecule has 0 aromatic heterocycles. The molecule has 0 aliphatic carbocycles. The summed E-state index contributed by atoms with van der Waals surface area (Å²) in [5, 5.41) is 2.99. The molecule has 2 aromatic carbocycles. The van der Waals surface area contributed by atoms with Crippen LogP contribution in [0.25, 0.3) is 0 Å². The first-order valence-corrected chi connectivity index (χ1v) is 9.08. The zero-order valence-electron chi connectivity index (χ0n) is 14.7. The van der Waals surface area contributed by atoms with Crippen LogP contribution >= 0.6 is 11.6 Å². The number of carbonyl (C=O) groups excluding carboxylic acids is 2. The molecule has 27 heavy (non-hydrogen) atoms. The largest absolute Gasteiger partial charge is 0.489 e. The van der Waals surface area contributed by atoms with Crippen molar-refractivity contribution in [2.24, 2.45) is 0 Å². The van der Waals surface area contributed by atoms with E-state index < -0.39 is 5.97 Å². The number of nitrogens with one attached hydrogen (secondary N) is 1.